The summed E-state index contributed by atoms with van der Waals surface area (Å²) in [6.07, 6.45) is 0. The first-order valence-corrected chi connectivity index (χ1v) is 7.87. The lowest BCUT2D eigenvalue weighted by Gasteiger charge is -2.07. The molecule has 0 radical (unpaired) electrons. The van der Waals surface area contributed by atoms with Gasteiger partial charge in [-0.05, 0) is 47.7 Å². The second-order valence-electron chi connectivity index (χ2n) is 5.27. The number of nitrogens with zero attached hydrogens (tertiary/aromatic N) is 4. The summed E-state index contributed by atoms with van der Waals surface area (Å²) in [7, 11) is 0. The van der Waals surface area contributed by atoms with Gasteiger partial charge in [-0.15, -0.1) is 10.2 Å². The molecule has 132 valence electrons. The molecule has 0 saturated carbocycles. The van der Waals surface area contributed by atoms with Gasteiger partial charge in [0.25, 0.3) is 0 Å². The van der Waals surface area contributed by atoms with Crippen molar-refractivity contribution >= 4 is 34.9 Å². The zero-order chi connectivity index (χ0) is 18.5. The molecule has 0 aliphatic rings. The average molecular weight is 372 g/mol. The minimum Gasteiger partial charge on any atom is -0.351 e. The number of anilines is 2. The molecule has 0 atom stereocenters. The fourth-order valence-electron chi connectivity index (χ4n) is 2.17. The standard InChI is InChI=1S/C16H14ClN7O2/c17-11-6-4-10(5-7-11)15-21-23-24(22-15)9-14(25)19-12-2-1-3-13(8-12)20-16(18)26/h1-8H,9H2,(H,19,25)(H3,18,20,26). The minimum absolute atomic E-state index is 0.117. The van der Waals surface area contributed by atoms with Gasteiger partial charge in [0.2, 0.25) is 11.7 Å². The van der Waals surface area contributed by atoms with Crippen molar-refractivity contribution in [3.8, 4) is 11.4 Å². The quantitative estimate of drug-likeness (QED) is 0.632. The van der Waals surface area contributed by atoms with Crippen molar-refractivity contribution in [1.82, 2.24) is 20.2 Å². The molecule has 2 aromatic carbocycles. The van der Waals surface area contributed by atoms with Gasteiger partial charge in [-0.25, -0.2) is 4.79 Å². The lowest BCUT2D eigenvalue weighted by atomic mass is 10.2. The lowest BCUT2D eigenvalue weighted by Crippen LogP contribution is -2.21. The number of urea groups is 1. The zero-order valence-corrected chi connectivity index (χ0v) is 14.1. The third-order valence-electron chi connectivity index (χ3n) is 3.25. The number of nitrogens with two attached hydrogens (primary N) is 1. The minimum atomic E-state index is -0.685. The summed E-state index contributed by atoms with van der Waals surface area (Å²) in [5.41, 5.74) is 6.78. The molecular weight excluding hydrogens is 358 g/mol. The van der Waals surface area contributed by atoms with Gasteiger partial charge in [0.1, 0.15) is 6.54 Å². The van der Waals surface area contributed by atoms with E-state index in [0.717, 1.165) is 5.56 Å². The molecule has 4 N–H and O–H groups in total. The van der Waals surface area contributed by atoms with Crippen molar-refractivity contribution in [3.05, 3.63) is 53.6 Å². The number of hydrogen-bond donors (Lipinski definition) is 3. The van der Waals surface area contributed by atoms with E-state index in [1.54, 1.807) is 48.5 Å². The first kappa shape index (κ1) is 17.4. The SMILES string of the molecule is NC(=O)Nc1cccc(NC(=O)Cn2nnc(-c3ccc(Cl)cc3)n2)c1. The lowest BCUT2D eigenvalue weighted by molar-refractivity contribution is -0.117. The molecule has 9 nitrogen and oxygen atoms in total. The summed E-state index contributed by atoms with van der Waals surface area (Å²) >= 11 is 5.84. The fraction of sp³-hybridized carbons (Fsp3) is 0.0625. The number of amides is 3. The van der Waals surface area contributed by atoms with Crippen LogP contribution in [0.5, 0.6) is 0 Å². The van der Waals surface area contributed by atoms with Crippen LogP contribution in [0.15, 0.2) is 48.5 Å². The van der Waals surface area contributed by atoms with Gasteiger partial charge in [-0.2, -0.15) is 4.80 Å². The van der Waals surface area contributed by atoms with Crippen molar-refractivity contribution in [3.63, 3.8) is 0 Å². The van der Waals surface area contributed by atoms with Crippen molar-refractivity contribution in [2.45, 2.75) is 6.54 Å². The number of carbonyl (C=O) groups is 2. The summed E-state index contributed by atoms with van der Waals surface area (Å²) in [6, 6.07) is 12.9. The summed E-state index contributed by atoms with van der Waals surface area (Å²) in [5, 5.41) is 17.7. The Morgan fingerprint density at radius 1 is 1.08 bits per heavy atom. The maximum absolute atomic E-state index is 12.1. The molecule has 1 heterocycles. The van der Waals surface area contributed by atoms with Crippen molar-refractivity contribution in [1.29, 1.82) is 0 Å². The van der Waals surface area contributed by atoms with Crippen LogP contribution < -0.4 is 16.4 Å². The van der Waals surface area contributed by atoms with Crippen molar-refractivity contribution in [2.24, 2.45) is 5.73 Å². The Kier molecular flexibility index (Phi) is 5.09. The molecule has 0 aliphatic heterocycles. The predicted octanol–water partition coefficient (Wildman–Crippen LogP) is 2.12. The third kappa shape index (κ3) is 4.54. The third-order valence-corrected chi connectivity index (χ3v) is 3.51. The number of benzene rings is 2. The van der Waals surface area contributed by atoms with Gasteiger partial charge in [-0.3, -0.25) is 4.79 Å². The van der Waals surface area contributed by atoms with Crippen LogP contribution in [0.4, 0.5) is 16.2 Å². The zero-order valence-electron chi connectivity index (χ0n) is 13.4. The van der Waals surface area contributed by atoms with E-state index in [4.69, 9.17) is 17.3 Å². The first-order chi connectivity index (χ1) is 12.5. The molecule has 0 spiro atoms. The van der Waals surface area contributed by atoms with E-state index in [9.17, 15) is 9.59 Å². The Labute approximate surface area is 153 Å². The summed E-state index contributed by atoms with van der Waals surface area (Å²) in [6.45, 7) is -0.117. The topological polar surface area (TPSA) is 128 Å². The second-order valence-corrected chi connectivity index (χ2v) is 5.71. The van der Waals surface area contributed by atoms with Gasteiger partial charge < -0.3 is 16.4 Å². The fourth-order valence-corrected chi connectivity index (χ4v) is 2.30. The molecule has 3 aromatic rings. The maximum Gasteiger partial charge on any atom is 0.316 e. The smallest absolute Gasteiger partial charge is 0.316 e. The van der Waals surface area contributed by atoms with Crippen LogP contribution in [0.3, 0.4) is 0 Å². The molecule has 0 saturated heterocycles. The summed E-state index contributed by atoms with van der Waals surface area (Å²) < 4.78 is 0. The van der Waals surface area contributed by atoms with Crippen LogP contribution in [0.25, 0.3) is 11.4 Å². The number of nitrogens with one attached hydrogen (secondary N) is 2. The molecule has 1 aromatic heterocycles. The Morgan fingerprint density at radius 2 is 1.77 bits per heavy atom. The van der Waals surface area contributed by atoms with Crippen molar-refractivity contribution in [2.75, 3.05) is 10.6 Å². The highest BCUT2D eigenvalue weighted by atomic mass is 35.5. The van der Waals surface area contributed by atoms with Crippen LogP contribution in [-0.4, -0.2) is 32.1 Å². The van der Waals surface area contributed by atoms with Gasteiger partial charge in [0, 0.05) is 22.0 Å². The first-order valence-electron chi connectivity index (χ1n) is 7.50. The number of primary amides is 1. The molecule has 0 fully saturated rings. The molecule has 0 unspecified atom stereocenters. The highest BCUT2D eigenvalue weighted by Crippen LogP contribution is 2.17. The molecule has 10 heteroatoms. The molecule has 3 amide bonds. The molecule has 26 heavy (non-hydrogen) atoms. The molecule has 0 aliphatic carbocycles. The molecule has 0 bridgehead atoms. The van der Waals surface area contributed by atoms with Crippen LogP contribution >= 0.6 is 11.6 Å². The number of carbonyl (C=O) groups excluding carboxylic acids is 2. The number of tetrazole rings is 1. The Hall–Kier alpha value is -3.46. The summed E-state index contributed by atoms with van der Waals surface area (Å²) in [4.78, 5) is 24.2. The van der Waals surface area contributed by atoms with Crippen LogP contribution in [0, 0.1) is 0 Å². The highest BCUT2D eigenvalue weighted by Gasteiger charge is 2.10. The van der Waals surface area contributed by atoms with E-state index in [1.165, 1.54) is 4.80 Å². The van der Waals surface area contributed by atoms with Gasteiger partial charge in [-0.1, -0.05) is 17.7 Å². The monoisotopic (exact) mass is 371 g/mol. The Morgan fingerprint density at radius 3 is 2.46 bits per heavy atom. The van der Waals surface area contributed by atoms with E-state index in [-0.39, 0.29) is 12.5 Å². The predicted molar refractivity (Wildman–Crippen MR) is 96.5 cm³/mol. The maximum atomic E-state index is 12.1. The van der Waals surface area contributed by atoms with Crippen LogP contribution in [0.1, 0.15) is 0 Å². The van der Waals surface area contributed by atoms with E-state index in [1.807, 2.05) is 0 Å². The normalized spacial score (nSPS) is 10.3. The van der Waals surface area contributed by atoms with Crippen LogP contribution in [0.2, 0.25) is 5.02 Å². The van der Waals surface area contributed by atoms with Crippen LogP contribution in [-0.2, 0) is 11.3 Å². The molecular formula is C16H14ClN7O2. The van der Waals surface area contributed by atoms with Gasteiger partial charge in [0.15, 0.2) is 0 Å². The largest absolute Gasteiger partial charge is 0.351 e. The number of halogens is 1. The average Bonchev–Trinajstić information content (AvgIpc) is 3.03. The number of rotatable bonds is 5. The second kappa shape index (κ2) is 7.62. The van der Waals surface area contributed by atoms with E-state index < -0.39 is 6.03 Å². The Balaban J connectivity index is 1.64. The van der Waals surface area contributed by atoms with Gasteiger partial charge >= 0.3 is 6.03 Å². The summed E-state index contributed by atoms with van der Waals surface area (Å²) in [5.74, 6) is 0.0448. The van der Waals surface area contributed by atoms with E-state index in [0.29, 0.717) is 22.2 Å². The number of hydrogen-bond acceptors (Lipinski definition) is 5. The highest BCUT2D eigenvalue weighted by molar-refractivity contribution is 6.30. The Bertz CT molecular complexity index is 940. The van der Waals surface area contributed by atoms with E-state index in [2.05, 4.69) is 26.0 Å². The number of aromatic nitrogens is 4. The van der Waals surface area contributed by atoms with Gasteiger partial charge in [0.05, 0.1) is 0 Å². The van der Waals surface area contributed by atoms with Crippen molar-refractivity contribution < 1.29 is 9.59 Å². The molecule has 3 rings (SSSR count). The van der Waals surface area contributed by atoms with E-state index >= 15 is 0 Å².